The molecule has 1 fully saturated rings. The van der Waals surface area contributed by atoms with Crippen molar-refractivity contribution in [3.05, 3.63) is 22.6 Å². The summed E-state index contributed by atoms with van der Waals surface area (Å²) in [6, 6.07) is 3.96. The molecule has 1 heterocycles. The lowest BCUT2D eigenvalue weighted by Gasteiger charge is -2.26. The fraction of sp³-hybridized carbons (Fsp3) is 0.714. The van der Waals surface area contributed by atoms with Gasteiger partial charge in [0.15, 0.2) is 4.67 Å². The van der Waals surface area contributed by atoms with Crippen LogP contribution >= 0.6 is 15.9 Å². The van der Waals surface area contributed by atoms with Crippen molar-refractivity contribution in [1.82, 2.24) is 5.32 Å². The van der Waals surface area contributed by atoms with Gasteiger partial charge in [-0.25, -0.2) is 0 Å². The van der Waals surface area contributed by atoms with E-state index >= 15 is 0 Å². The Balaban J connectivity index is 1.57. The number of hydrogen-bond acceptors (Lipinski definition) is 2. The second-order valence-corrected chi connectivity index (χ2v) is 6.08. The number of hydrogen-bond donors (Lipinski definition) is 1. The molecule has 0 spiro atoms. The molecule has 1 aliphatic carbocycles. The molecule has 0 saturated heterocycles. The Morgan fingerprint density at radius 1 is 1.29 bits per heavy atom. The first-order chi connectivity index (χ1) is 8.24. The third-order valence-electron chi connectivity index (χ3n) is 3.79. The van der Waals surface area contributed by atoms with Crippen LogP contribution in [0.2, 0.25) is 0 Å². The monoisotopic (exact) mass is 299 g/mol. The van der Waals surface area contributed by atoms with Crippen LogP contribution in [0.25, 0.3) is 0 Å². The third-order valence-corrected chi connectivity index (χ3v) is 4.22. The summed E-state index contributed by atoms with van der Waals surface area (Å²) in [6.45, 7) is 4.33. The van der Waals surface area contributed by atoms with Gasteiger partial charge in [0.25, 0.3) is 0 Å². The van der Waals surface area contributed by atoms with Crippen molar-refractivity contribution < 1.29 is 4.42 Å². The molecule has 1 aromatic rings. The molecule has 0 bridgehead atoms. The Morgan fingerprint density at radius 2 is 2.06 bits per heavy atom. The fourth-order valence-electron chi connectivity index (χ4n) is 2.58. The van der Waals surface area contributed by atoms with Crippen molar-refractivity contribution in [2.75, 3.05) is 6.54 Å². The molecular formula is C14H22BrNO. The Labute approximate surface area is 112 Å². The molecule has 2 nitrogen and oxygen atoms in total. The van der Waals surface area contributed by atoms with E-state index < -0.39 is 0 Å². The van der Waals surface area contributed by atoms with Gasteiger partial charge in [0.05, 0.1) is 6.54 Å². The van der Waals surface area contributed by atoms with Gasteiger partial charge in [-0.3, -0.25) is 0 Å². The summed E-state index contributed by atoms with van der Waals surface area (Å²) < 4.78 is 6.26. The third kappa shape index (κ3) is 4.47. The Kier molecular flexibility index (Phi) is 5.11. The molecule has 1 saturated carbocycles. The zero-order valence-electron chi connectivity index (χ0n) is 10.5. The number of nitrogens with one attached hydrogen (secondary N) is 1. The second kappa shape index (κ2) is 6.60. The van der Waals surface area contributed by atoms with E-state index in [1.807, 2.05) is 12.1 Å². The first-order valence-electron chi connectivity index (χ1n) is 6.69. The summed E-state index contributed by atoms with van der Waals surface area (Å²) in [7, 11) is 0. The minimum absolute atomic E-state index is 0.815. The summed E-state index contributed by atoms with van der Waals surface area (Å²) in [5.74, 6) is 2.91. The van der Waals surface area contributed by atoms with Crippen LogP contribution in [-0.4, -0.2) is 6.54 Å². The molecular weight excluding hydrogens is 278 g/mol. The Morgan fingerprint density at radius 3 is 2.71 bits per heavy atom. The average Bonchev–Trinajstić information content (AvgIpc) is 2.73. The smallest absolute Gasteiger partial charge is 0.169 e. The van der Waals surface area contributed by atoms with Crippen LogP contribution in [0.3, 0.4) is 0 Å². The molecule has 0 atom stereocenters. The van der Waals surface area contributed by atoms with E-state index in [1.165, 1.54) is 32.1 Å². The maximum atomic E-state index is 5.44. The quantitative estimate of drug-likeness (QED) is 0.818. The van der Waals surface area contributed by atoms with Crippen LogP contribution < -0.4 is 5.32 Å². The molecule has 0 unspecified atom stereocenters. The summed E-state index contributed by atoms with van der Waals surface area (Å²) in [5, 5.41) is 3.46. The Bertz CT molecular complexity index is 329. The summed E-state index contributed by atoms with van der Waals surface area (Å²) in [4.78, 5) is 0. The van der Waals surface area contributed by atoms with Gasteiger partial charge in [0.1, 0.15) is 5.76 Å². The molecule has 0 radical (unpaired) electrons. The fourth-order valence-corrected chi connectivity index (χ4v) is 2.92. The SMILES string of the molecule is CC1CCC(CCNCc2ccc(Br)o2)CC1. The van der Waals surface area contributed by atoms with Crippen molar-refractivity contribution >= 4 is 15.9 Å². The first-order valence-corrected chi connectivity index (χ1v) is 7.48. The zero-order chi connectivity index (χ0) is 12.1. The van der Waals surface area contributed by atoms with Crippen molar-refractivity contribution in [2.24, 2.45) is 11.8 Å². The van der Waals surface area contributed by atoms with E-state index in [0.29, 0.717) is 0 Å². The van der Waals surface area contributed by atoms with E-state index in [4.69, 9.17) is 4.42 Å². The van der Waals surface area contributed by atoms with E-state index in [-0.39, 0.29) is 0 Å². The molecule has 3 heteroatoms. The van der Waals surface area contributed by atoms with Crippen LogP contribution in [0, 0.1) is 11.8 Å². The number of furan rings is 1. The molecule has 1 aromatic heterocycles. The maximum absolute atomic E-state index is 5.44. The molecule has 0 amide bonds. The van der Waals surface area contributed by atoms with Gasteiger partial charge >= 0.3 is 0 Å². The largest absolute Gasteiger partial charge is 0.453 e. The van der Waals surface area contributed by atoms with Crippen molar-refractivity contribution in [1.29, 1.82) is 0 Å². The molecule has 0 aliphatic heterocycles. The predicted octanol–water partition coefficient (Wildman–Crippen LogP) is 4.35. The lowest BCUT2D eigenvalue weighted by molar-refractivity contribution is 0.274. The highest BCUT2D eigenvalue weighted by Crippen LogP contribution is 2.29. The van der Waals surface area contributed by atoms with Gasteiger partial charge in [-0.2, -0.15) is 0 Å². The lowest BCUT2D eigenvalue weighted by Crippen LogP contribution is -2.20. The molecule has 2 rings (SSSR count). The first kappa shape index (κ1) is 13.2. The highest BCUT2D eigenvalue weighted by atomic mass is 79.9. The molecule has 1 aliphatic rings. The summed E-state index contributed by atoms with van der Waals surface area (Å²) in [6.07, 6.45) is 7.02. The van der Waals surface area contributed by atoms with Crippen LogP contribution in [-0.2, 0) is 6.54 Å². The van der Waals surface area contributed by atoms with Crippen LogP contribution in [0.1, 0.15) is 44.8 Å². The standard InChI is InChI=1S/C14H22BrNO/c1-11-2-4-12(5-3-11)8-9-16-10-13-6-7-14(15)17-13/h6-7,11-12,16H,2-5,8-10H2,1H3. The Hall–Kier alpha value is -0.280. The number of rotatable bonds is 5. The van der Waals surface area contributed by atoms with Crippen molar-refractivity contribution in [3.63, 3.8) is 0 Å². The minimum Gasteiger partial charge on any atom is -0.453 e. The van der Waals surface area contributed by atoms with Crippen LogP contribution in [0.4, 0.5) is 0 Å². The normalized spacial score (nSPS) is 25.1. The van der Waals surface area contributed by atoms with E-state index in [0.717, 1.165) is 35.4 Å². The van der Waals surface area contributed by atoms with Gasteiger partial charge < -0.3 is 9.73 Å². The zero-order valence-corrected chi connectivity index (χ0v) is 12.1. The molecule has 17 heavy (non-hydrogen) atoms. The van der Waals surface area contributed by atoms with Gasteiger partial charge in [-0.1, -0.05) is 32.6 Å². The average molecular weight is 300 g/mol. The highest BCUT2D eigenvalue weighted by molar-refractivity contribution is 9.10. The van der Waals surface area contributed by atoms with E-state index in [2.05, 4.69) is 28.2 Å². The molecule has 1 N–H and O–H groups in total. The number of halogens is 1. The topological polar surface area (TPSA) is 25.2 Å². The van der Waals surface area contributed by atoms with Gasteiger partial charge in [0, 0.05) is 0 Å². The van der Waals surface area contributed by atoms with Gasteiger partial charge in [-0.15, -0.1) is 0 Å². The van der Waals surface area contributed by atoms with Crippen molar-refractivity contribution in [3.8, 4) is 0 Å². The maximum Gasteiger partial charge on any atom is 0.169 e. The molecule has 96 valence electrons. The van der Waals surface area contributed by atoms with Crippen LogP contribution in [0.5, 0.6) is 0 Å². The second-order valence-electron chi connectivity index (χ2n) is 5.30. The van der Waals surface area contributed by atoms with Gasteiger partial charge in [0.2, 0.25) is 0 Å². The van der Waals surface area contributed by atoms with Crippen molar-refractivity contribution in [2.45, 2.75) is 45.6 Å². The minimum atomic E-state index is 0.815. The predicted molar refractivity (Wildman–Crippen MR) is 73.9 cm³/mol. The highest BCUT2D eigenvalue weighted by Gasteiger charge is 2.17. The van der Waals surface area contributed by atoms with E-state index in [1.54, 1.807) is 0 Å². The summed E-state index contributed by atoms with van der Waals surface area (Å²) >= 11 is 3.31. The van der Waals surface area contributed by atoms with Gasteiger partial charge in [-0.05, 0) is 52.9 Å². The van der Waals surface area contributed by atoms with E-state index in [9.17, 15) is 0 Å². The summed E-state index contributed by atoms with van der Waals surface area (Å²) in [5.41, 5.74) is 0. The lowest BCUT2D eigenvalue weighted by atomic mass is 9.81. The molecule has 0 aromatic carbocycles. The van der Waals surface area contributed by atoms with Crippen LogP contribution in [0.15, 0.2) is 21.2 Å².